The number of hydrogen-bond acceptors (Lipinski definition) is 1. The Morgan fingerprint density at radius 3 is 1.11 bits per heavy atom. The van der Waals surface area contributed by atoms with Gasteiger partial charge >= 0.3 is 6.03 Å². The second kappa shape index (κ2) is 35.9. The van der Waals surface area contributed by atoms with Gasteiger partial charge in [0.25, 0.3) is 0 Å². The van der Waals surface area contributed by atoms with Gasteiger partial charge in [0.2, 0.25) is 0 Å². The van der Waals surface area contributed by atoms with Crippen molar-refractivity contribution in [2.45, 2.75) is 187 Å². The van der Waals surface area contributed by atoms with Crippen LogP contribution < -0.4 is 10.6 Å². The predicted octanol–water partition coefficient (Wildman–Crippen LogP) is 15.5. The van der Waals surface area contributed by atoms with E-state index in [2.05, 4.69) is 109 Å². The molecule has 0 atom stereocenters. The largest absolute Gasteiger partial charge is 0.338 e. The lowest BCUT2D eigenvalue weighted by Gasteiger charge is -2.09. The maximum absolute atomic E-state index is 12.0. The molecule has 2 amide bonds. The Bertz CT molecular complexity index is 1130. The van der Waals surface area contributed by atoms with Crippen LogP contribution in [-0.2, 0) is 0 Å². The third-order valence-electron chi connectivity index (χ3n) is 10.3. The standard InChI is InChI=1S/C50H80N2O/c1-2-3-4-5-6-7-8-9-10-14-17-20-23-26-29-38-45-51-50(53)52-46-39-30-27-24-21-18-15-12-11-13-16-19-22-25-28-37-44-49(47-40-33-31-34-41-47)48-42-35-32-36-43-48/h9-12,31-36,40-44H,2-8,13-30,37-39,45-46H2,1H3,(H2,51,52,53)/b10-9-,12-11-. The van der Waals surface area contributed by atoms with Gasteiger partial charge < -0.3 is 10.6 Å². The smallest absolute Gasteiger partial charge is 0.314 e. The van der Waals surface area contributed by atoms with E-state index in [0.29, 0.717) is 0 Å². The van der Waals surface area contributed by atoms with Crippen molar-refractivity contribution in [2.24, 2.45) is 0 Å². The molecule has 53 heavy (non-hydrogen) atoms. The number of allylic oxidation sites excluding steroid dienone is 5. The highest BCUT2D eigenvalue weighted by Crippen LogP contribution is 2.24. The summed E-state index contributed by atoms with van der Waals surface area (Å²) in [6, 6.07) is 21.6. The van der Waals surface area contributed by atoms with Crippen molar-refractivity contribution in [2.75, 3.05) is 13.1 Å². The van der Waals surface area contributed by atoms with Crippen LogP contribution in [0.1, 0.15) is 198 Å². The van der Waals surface area contributed by atoms with Gasteiger partial charge in [-0.25, -0.2) is 4.79 Å². The summed E-state index contributed by atoms with van der Waals surface area (Å²) in [5, 5.41) is 6.07. The zero-order valence-electron chi connectivity index (χ0n) is 34.3. The van der Waals surface area contributed by atoms with E-state index in [1.165, 1.54) is 177 Å². The highest BCUT2D eigenvalue weighted by molar-refractivity contribution is 5.79. The van der Waals surface area contributed by atoms with Crippen molar-refractivity contribution in [3.8, 4) is 0 Å². The van der Waals surface area contributed by atoms with Crippen LogP contribution >= 0.6 is 0 Å². The number of urea groups is 1. The van der Waals surface area contributed by atoms with E-state index in [1.807, 2.05) is 0 Å². The number of rotatable bonds is 35. The average Bonchev–Trinajstić information content (AvgIpc) is 3.19. The molecule has 0 radical (unpaired) electrons. The van der Waals surface area contributed by atoms with Crippen molar-refractivity contribution >= 4 is 11.6 Å². The van der Waals surface area contributed by atoms with Gasteiger partial charge in [0.05, 0.1) is 0 Å². The molecule has 0 bridgehead atoms. The van der Waals surface area contributed by atoms with Gasteiger partial charge in [0.15, 0.2) is 0 Å². The van der Waals surface area contributed by atoms with E-state index in [9.17, 15) is 4.79 Å². The zero-order chi connectivity index (χ0) is 37.5. The maximum Gasteiger partial charge on any atom is 0.314 e. The van der Waals surface area contributed by atoms with Crippen LogP contribution in [0.2, 0.25) is 0 Å². The first kappa shape index (κ1) is 46.1. The molecule has 2 aromatic rings. The summed E-state index contributed by atoms with van der Waals surface area (Å²) >= 11 is 0. The lowest BCUT2D eigenvalue weighted by atomic mass is 9.96. The molecule has 0 aliphatic carbocycles. The summed E-state index contributed by atoms with van der Waals surface area (Å²) in [5.74, 6) is 0. The van der Waals surface area contributed by atoms with Gasteiger partial charge in [0.1, 0.15) is 0 Å². The SMILES string of the molecule is CCCCCCCC/C=C\CCCCCCCCNC(=O)NCCCCCCCC/C=C\CCCCCCCC=C(c1ccccc1)c1ccccc1. The van der Waals surface area contributed by atoms with Crippen molar-refractivity contribution < 1.29 is 4.79 Å². The molecule has 0 fully saturated rings. The van der Waals surface area contributed by atoms with E-state index in [-0.39, 0.29) is 6.03 Å². The number of hydrogen-bond donors (Lipinski definition) is 2. The van der Waals surface area contributed by atoms with Gasteiger partial charge in [0, 0.05) is 13.1 Å². The molecule has 0 heterocycles. The lowest BCUT2D eigenvalue weighted by Crippen LogP contribution is -2.36. The molecular formula is C50H80N2O. The quantitative estimate of drug-likeness (QED) is 0.0539. The average molecular weight is 725 g/mol. The van der Waals surface area contributed by atoms with Crippen LogP contribution in [0.4, 0.5) is 4.79 Å². The van der Waals surface area contributed by atoms with E-state index >= 15 is 0 Å². The second-order valence-electron chi connectivity index (χ2n) is 15.2. The highest BCUT2D eigenvalue weighted by Gasteiger charge is 2.04. The predicted molar refractivity (Wildman–Crippen MR) is 235 cm³/mol. The Kier molecular flexibility index (Phi) is 31.2. The molecule has 0 aliphatic heterocycles. The number of benzene rings is 2. The molecule has 0 spiro atoms. The Morgan fingerprint density at radius 2 is 0.736 bits per heavy atom. The number of amides is 2. The van der Waals surface area contributed by atoms with E-state index < -0.39 is 0 Å². The maximum atomic E-state index is 12.0. The first-order chi connectivity index (χ1) is 26.3. The summed E-state index contributed by atoms with van der Waals surface area (Å²) in [5.41, 5.74) is 3.98. The monoisotopic (exact) mass is 725 g/mol. The second-order valence-corrected chi connectivity index (χ2v) is 15.2. The molecule has 2 rings (SSSR count). The van der Waals surface area contributed by atoms with Gasteiger partial charge in [-0.3, -0.25) is 0 Å². The molecule has 0 unspecified atom stereocenters. The molecule has 0 saturated heterocycles. The van der Waals surface area contributed by atoms with Crippen molar-refractivity contribution in [1.82, 2.24) is 10.6 Å². The van der Waals surface area contributed by atoms with Crippen molar-refractivity contribution in [3.05, 3.63) is 102 Å². The Hall–Kier alpha value is -3.07. The van der Waals surface area contributed by atoms with Crippen LogP contribution in [0, 0.1) is 0 Å². The fourth-order valence-corrected chi connectivity index (χ4v) is 6.99. The third kappa shape index (κ3) is 28.1. The number of nitrogens with one attached hydrogen (secondary N) is 2. The van der Waals surface area contributed by atoms with Gasteiger partial charge in [-0.2, -0.15) is 0 Å². The number of carbonyl (C=O) groups is 1. The molecule has 0 aliphatic rings. The summed E-state index contributed by atoms with van der Waals surface area (Å²) in [6.45, 7) is 3.87. The Balaban J connectivity index is 1.27. The third-order valence-corrected chi connectivity index (χ3v) is 10.3. The fourth-order valence-electron chi connectivity index (χ4n) is 6.99. The molecule has 296 valence electrons. The lowest BCUT2D eigenvalue weighted by molar-refractivity contribution is 0.240. The summed E-state index contributed by atoms with van der Waals surface area (Å²) < 4.78 is 0. The first-order valence-corrected chi connectivity index (χ1v) is 22.4. The summed E-state index contributed by atoms with van der Waals surface area (Å²) in [7, 11) is 0. The molecule has 3 heteroatoms. The summed E-state index contributed by atoms with van der Waals surface area (Å²) in [6.07, 6.45) is 48.1. The van der Waals surface area contributed by atoms with Crippen LogP contribution in [0.5, 0.6) is 0 Å². The van der Waals surface area contributed by atoms with Crippen molar-refractivity contribution in [3.63, 3.8) is 0 Å². The van der Waals surface area contributed by atoms with Gasteiger partial charge in [-0.15, -0.1) is 0 Å². The number of unbranched alkanes of at least 4 members (excludes halogenated alkanes) is 24. The highest BCUT2D eigenvalue weighted by atomic mass is 16.2. The first-order valence-electron chi connectivity index (χ1n) is 22.4. The van der Waals surface area contributed by atoms with Crippen LogP contribution in [0.3, 0.4) is 0 Å². The van der Waals surface area contributed by atoms with Gasteiger partial charge in [-0.05, 0) is 93.7 Å². The van der Waals surface area contributed by atoms with E-state index in [0.717, 1.165) is 32.4 Å². The van der Waals surface area contributed by atoms with E-state index in [1.54, 1.807) is 0 Å². The van der Waals surface area contributed by atoms with Crippen molar-refractivity contribution in [1.29, 1.82) is 0 Å². The molecule has 0 saturated carbocycles. The Labute approximate surface area is 328 Å². The van der Waals surface area contributed by atoms with Crippen LogP contribution in [0.15, 0.2) is 91.0 Å². The molecule has 0 aromatic heterocycles. The van der Waals surface area contributed by atoms with Gasteiger partial charge in [-0.1, -0.05) is 201 Å². The topological polar surface area (TPSA) is 41.1 Å². The van der Waals surface area contributed by atoms with Crippen LogP contribution in [-0.4, -0.2) is 19.1 Å². The molecule has 2 N–H and O–H groups in total. The number of carbonyl (C=O) groups excluding carboxylic acids is 1. The van der Waals surface area contributed by atoms with Crippen LogP contribution in [0.25, 0.3) is 5.57 Å². The minimum Gasteiger partial charge on any atom is -0.338 e. The summed E-state index contributed by atoms with van der Waals surface area (Å²) in [4.78, 5) is 12.0. The molecule has 2 aromatic carbocycles. The minimum absolute atomic E-state index is 0.00844. The normalized spacial score (nSPS) is 11.4. The van der Waals surface area contributed by atoms with E-state index in [4.69, 9.17) is 0 Å². The fraction of sp³-hybridized carbons (Fsp3) is 0.620. The molecule has 3 nitrogen and oxygen atoms in total. The zero-order valence-corrected chi connectivity index (χ0v) is 34.3. The molecular weight excluding hydrogens is 645 g/mol. The Morgan fingerprint density at radius 1 is 0.415 bits per heavy atom. The minimum atomic E-state index is 0.00844.